The largest absolute Gasteiger partial charge is 0.453 e. The SMILES string of the molecule is CCSc1nnc(C(Cc2ccccc2)NC(=O)C=Cc2cc(Cl)ccc2-n2cnnn2)cc1-c1ccc(NC(=O)OC)cc1. The van der Waals surface area contributed by atoms with Crippen molar-refractivity contribution < 1.29 is 14.3 Å². The van der Waals surface area contributed by atoms with E-state index in [2.05, 4.69) is 41.1 Å². The minimum Gasteiger partial charge on any atom is -0.453 e. The minimum absolute atomic E-state index is 0.327. The number of halogens is 1. The second kappa shape index (κ2) is 15.1. The number of amides is 2. The maximum absolute atomic E-state index is 13.4. The Morgan fingerprint density at radius 3 is 2.56 bits per heavy atom. The van der Waals surface area contributed by atoms with Crippen LogP contribution in [0.25, 0.3) is 22.9 Å². The van der Waals surface area contributed by atoms with Crippen LogP contribution in [0, 0.1) is 0 Å². The van der Waals surface area contributed by atoms with Crippen LogP contribution in [0.1, 0.15) is 29.8 Å². The molecule has 1 atom stereocenters. The molecule has 0 aliphatic heterocycles. The van der Waals surface area contributed by atoms with Gasteiger partial charge in [0.2, 0.25) is 5.91 Å². The minimum atomic E-state index is -0.548. The van der Waals surface area contributed by atoms with Crippen molar-refractivity contribution in [3.05, 3.63) is 113 Å². The molecular formula is C32H29ClN8O3S. The molecule has 0 bridgehead atoms. The second-order valence-corrected chi connectivity index (χ2v) is 11.3. The van der Waals surface area contributed by atoms with Gasteiger partial charge in [0.25, 0.3) is 0 Å². The first-order valence-electron chi connectivity index (χ1n) is 13.9. The molecule has 0 spiro atoms. The Kier molecular flexibility index (Phi) is 10.5. The molecule has 0 saturated carbocycles. The molecule has 5 rings (SSSR count). The van der Waals surface area contributed by atoms with Crippen molar-refractivity contribution in [2.75, 3.05) is 18.2 Å². The Morgan fingerprint density at radius 2 is 1.84 bits per heavy atom. The molecular weight excluding hydrogens is 612 g/mol. The number of anilines is 1. The van der Waals surface area contributed by atoms with Crippen molar-refractivity contribution >= 4 is 47.1 Å². The Hall–Kier alpha value is -5.07. The van der Waals surface area contributed by atoms with E-state index in [0.29, 0.717) is 34.1 Å². The quantitative estimate of drug-likeness (QED) is 0.128. The van der Waals surface area contributed by atoms with Gasteiger partial charge in [0.1, 0.15) is 11.4 Å². The lowest BCUT2D eigenvalue weighted by atomic mass is 10.00. The molecule has 3 aromatic carbocycles. The summed E-state index contributed by atoms with van der Waals surface area (Å²) in [5, 5.41) is 27.5. The third-order valence-corrected chi connectivity index (χ3v) is 7.74. The Balaban J connectivity index is 1.45. The maximum atomic E-state index is 13.4. The van der Waals surface area contributed by atoms with Gasteiger partial charge < -0.3 is 10.1 Å². The Bertz CT molecular complexity index is 1780. The summed E-state index contributed by atoms with van der Waals surface area (Å²) in [5.41, 5.74) is 5.31. The van der Waals surface area contributed by atoms with Crippen LogP contribution in [0.2, 0.25) is 5.02 Å². The molecule has 5 aromatic rings. The van der Waals surface area contributed by atoms with E-state index in [0.717, 1.165) is 27.5 Å². The smallest absolute Gasteiger partial charge is 0.411 e. The highest BCUT2D eigenvalue weighted by molar-refractivity contribution is 7.99. The number of tetrazole rings is 1. The lowest BCUT2D eigenvalue weighted by Gasteiger charge is -2.19. The number of hydrogen-bond donors (Lipinski definition) is 2. The van der Waals surface area contributed by atoms with E-state index < -0.39 is 12.1 Å². The van der Waals surface area contributed by atoms with Gasteiger partial charge in [-0.2, -0.15) is 9.78 Å². The summed E-state index contributed by atoms with van der Waals surface area (Å²) in [7, 11) is 1.31. The van der Waals surface area contributed by atoms with Crippen molar-refractivity contribution in [2.24, 2.45) is 0 Å². The molecule has 2 aromatic heterocycles. The number of methoxy groups -OCH3 is 1. The molecule has 0 aliphatic rings. The van der Waals surface area contributed by atoms with E-state index in [9.17, 15) is 9.59 Å². The standard InChI is InChI=1S/C32H29ClN8O3S/c1-3-45-31-26(22-9-13-25(14-10-22)35-32(43)44-2)19-28(37-38-31)27(17-21-7-5-4-6-8-21)36-30(42)16-11-23-18-24(33)12-15-29(23)41-20-34-39-40-41/h4-16,18-20,27H,3,17H2,1-2H3,(H,35,43)(H,36,42). The molecule has 13 heteroatoms. The summed E-state index contributed by atoms with van der Waals surface area (Å²) in [6.45, 7) is 2.04. The van der Waals surface area contributed by atoms with Crippen LogP contribution in [0.5, 0.6) is 0 Å². The number of carbonyl (C=O) groups excluding carboxylic acids is 2. The second-order valence-electron chi connectivity index (χ2n) is 9.66. The van der Waals surface area contributed by atoms with Gasteiger partial charge in [0.05, 0.1) is 24.5 Å². The highest BCUT2D eigenvalue weighted by Crippen LogP contribution is 2.32. The van der Waals surface area contributed by atoms with Crippen molar-refractivity contribution in [1.82, 2.24) is 35.7 Å². The molecule has 2 heterocycles. The van der Waals surface area contributed by atoms with Crippen LogP contribution >= 0.6 is 23.4 Å². The van der Waals surface area contributed by atoms with Crippen molar-refractivity contribution in [3.8, 4) is 16.8 Å². The molecule has 0 aliphatic carbocycles. The van der Waals surface area contributed by atoms with Crippen LogP contribution in [0.15, 0.2) is 96.3 Å². The number of nitrogens with zero attached hydrogens (tertiary/aromatic N) is 6. The average Bonchev–Trinajstić information content (AvgIpc) is 3.60. The van der Waals surface area contributed by atoms with Crippen LogP contribution in [0.4, 0.5) is 10.5 Å². The average molecular weight is 641 g/mol. The fourth-order valence-electron chi connectivity index (χ4n) is 4.52. The number of thioether (sulfide) groups is 1. The monoisotopic (exact) mass is 640 g/mol. The van der Waals surface area contributed by atoms with Crippen molar-refractivity contribution in [1.29, 1.82) is 0 Å². The van der Waals surface area contributed by atoms with Crippen molar-refractivity contribution in [2.45, 2.75) is 24.4 Å². The van der Waals surface area contributed by atoms with E-state index in [1.807, 2.05) is 55.5 Å². The first kappa shape index (κ1) is 31.4. The predicted molar refractivity (Wildman–Crippen MR) is 174 cm³/mol. The molecule has 2 N–H and O–H groups in total. The zero-order valence-corrected chi connectivity index (χ0v) is 26.0. The van der Waals surface area contributed by atoms with Crippen LogP contribution in [-0.2, 0) is 16.0 Å². The lowest BCUT2D eigenvalue weighted by Crippen LogP contribution is -2.29. The summed E-state index contributed by atoms with van der Waals surface area (Å²) in [5.74, 6) is 0.473. The number of nitrogens with one attached hydrogen (secondary N) is 2. The zero-order valence-electron chi connectivity index (χ0n) is 24.4. The molecule has 2 amide bonds. The third kappa shape index (κ3) is 8.31. The fraction of sp³-hybridized carbons (Fsp3) is 0.156. The van der Waals surface area contributed by atoms with E-state index in [-0.39, 0.29) is 5.91 Å². The number of carbonyl (C=O) groups is 2. The molecule has 11 nitrogen and oxygen atoms in total. The summed E-state index contributed by atoms with van der Waals surface area (Å²) in [6.07, 6.45) is 4.52. The van der Waals surface area contributed by atoms with Gasteiger partial charge in [-0.15, -0.1) is 22.0 Å². The van der Waals surface area contributed by atoms with E-state index >= 15 is 0 Å². The first-order chi connectivity index (χ1) is 21.9. The maximum Gasteiger partial charge on any atom is 0.411 e. The summed E-state index contributed by atoms with van der Waals surface area (Å²) >= 11 is 7.82. The number of rotatable bonds is 11. The van der Waals surface area contributed by atoms with Gasteiger partial charge in [0.15, 0.2) is 0 Å². The van der Waals surface area contributed by atoms with E-state index in [4.69, 9.17) is 11.6 Å². The Labute approximate surface area is 269 Å². The highest BCUT2D eigenvalue weighted by atomic mass is 35.5. The third-order valence-electron chi connectivity index (χ3n) is 6.64. The number of hydrogen-bond acceptors (Lipinski definition) is 9. The van der Waals surface area contributed by atoms with Gasteiger partial charge in [0, 0.05) is 27.9 Å². The zero-order chi connectivity index (χ0) is 31.6. The summed E-state index contributed by atoms with van der Waals surface area (Å²) in [6, 6.07) is 23.9. The van der Waals surface area contributed by atoms with Gasteiger partial charge in [-0.1, -0.05) is 61.0 Å². The molecule has 1 unspecified atom stereocenters. The molecule has 228 valence electrons. The summed E-state index contributed by atoms with van der Waals surface area (Å²) < 4.78 is 6.18. The fourth-order valence-corrected chi connectivity index (χ4v) is 5.41. The highest BCUT2D eigenvalue weighted by Gasteiger charge is 2.20. The Morgan fingerprint density at radius 1 is 1.04 bits per heavy atom. The normalized spacial score (nSPS) is 11.7. The van der Waals surface area contributed by atoms with E-state index in [1.54, 1.807) is 48.2 Å². The van der Waals surface area contributed by atoms with Gasteiger partial charge in [-0.25, -0.2) is 4.79 Å². The first-order valence-corrected chi connectivity index (χ1v) is 15.3. The number of benzene rings is 3. The predicted octanol–water partition coefficient (Wildman–Crippen LogP) is 6.18. The molecule has 0 saturated heterocycles. The van der Waals surface area contributed by atoms with Crippen LogP contribution in [0.3, 0.4) is 0 Å². The van der Waals surface area contributed by atoms with Gasteiger partial charge >= 0.3 is 6.09 Å². The van der Waals surface area contributed by atoms with E-state index in [1.165, 1.54) is 24.2 Å². The van der Waals surface area contributed by atoms with Crippen molar-refractivity contribution in [3.63, 3.8) is 0 Å². The topological polar surface area (TPSA) is 137 Å². The number of aromatic nitrogens is 6. The van der Waals surface area contributed by atoms with Crippen LogP contribution < -0.4 is 10.6 Å². The lowest BCUT2D eigenvalue weighted by molar-refractivity contribution is -0.117. The molecule has 0 radical (unpaired) electrons. The molecule has 45 heavy (non-hydrogen) atoms. The summed E-state index contributed by atoms with van der Waals surface area (Å²) in [4.78, 5) is 25.0. The van der Waals surface area contributed by atoms with Gasteiger partial charge in [-0.05, 0) is 76.2 Å². The molecule has 0 fully saturated rings. The van der Waals surface area contributed by atoms with Gasteiger partial charge in [-0.3, -0.25) is 10.1 Å². The van der Waals surface area contributed by atoms with Crippen LogP contribution in [-0.4, -0.2) is 55.3 Å². The number of ether oxygens (including phenoxy) is 1.